The van der Waals surface area contributed by atoms with Gasteiger partial charge >= 0.3 is 0 Å². The van der Waals surface area contributed by atoms with Gasteiger partial charge in [-0.2, -0.15) is 0 Å². The zero-order valence-corrected chi connectivity index (χ0v) is 4.10. The molecule has 0 fully saturated rings. The molecular formula is C6H7N. The molecule has 0 aliphatic heterocycles. The van der Waals surface area contributed by atoms with E-state index in [9.17, 15) is 0 Å². The fourth-order valence-corrected chi connectivity index (χ4v) is 0.347. The Balaban J connectivity index is 3.25. The van der Waals surface area contributed by atoms with Crippen molar-refractivity contribution in [3.05, 3.63) is 30.0 Å². The van der Waals surface area contributed by atoms with E-state index < -0.39 is 0 Å². The summed E-state index contributed by atoms with van der Waals surface area (Å²) in [6.45, 7) is 1.74. The van der Waals surface area contributed by atoms with Gasteiger partial charge in [-0.3, -0.25) is 4.98 Å². The number of hydrogen-bond acceptors (Lipinski definition) is 1. The van der Waals surface area contributed by atoms with Crippen molar-refractivity contribution in [2.75, 3.05) is 0 Å². The predicted molar refractivity (Wildman–Crippen MR) is 29.0 cm³/mol. The van der Waals surface area contributed by atoms with E-state index in [2.05, 4.69) is 4.98 Å². The van der Waals surface area contributed by atoms with Crippen LogP contribution in [-0.4, -0.2) is 4.98 Å². The van der Waals surface area contributed by atoms with Crippen molar-refractivity contribution in [3.63, 3.8) is 0 Å². The second kappa shape index (κ2) is 1.73. The zero-order valence-electron chi connectivity index (χ0n) is 6.10. The van der Waals surface area contributed by atoms with Gasteiger partial charge in [0.1, 0.15) is 0 Å². The summed E-state index contributed by atoms with van der Waals surface area (Å²) in [7, 11) is 0. The summed E-state index contributed by atoms with van der Waals surface area (Å²) in [5, 5.41) is 0. The molecule has 0 bridgehead atoms. The summed E-state index contributed by atoms with van der Waals surface area (Å²) in [5.41, 5.74) is 0.685. The van der Waals surface area contributed by atoms with Gasteiger partial charge in [0.05, 0.1) is 2.74 Å². The summed E-state index contributed by atoms with van der Waals surface area (Å²) >= 11 is 0. The fourth-order valence-electron chi connectivity index (χ4n) is 0.347. The molecule has 0 aromatic carbocycles. The van der Waals surface area contributed by atoms with Gasteiger partial charge in [0, 0.05) is 12.4 Å². The van der Waals surface area contributed by atoms with Crippen molar-refractivity contribution in [2.24, 2.45) is 0 Å². The minimum Gasteiger partial charge on any atom is -0.265 e. The number of pyridine rings is 1. The van der Waals surface area contributed by atoms with E-state index in [1.54, 1.807) is 6.92 Å². The molecule has 1 aromatic rings. The molecule has 0 N–H and O–H groups in total. The van der Waals surface area contributed by atoms with E-state index in [4.69, 9.17) is 2.74 Å². The molecule has 7 heavy (non-hydrogen) atoms. The van der Waals surface area contributed by atoms with Crippen LogP contribution in [0.15, 0.2) is 24.5 Å². The van der Waals surface area contributed by atoms with E-state index in [0.717, 1.165) is 0 Å². The van der Waals surface area contributed by atoms with Crippen molar-refractivity contribution < 1.29 is 2.74 Å². The molecule has 1 heterocycles. The Morgan fingerprint density at radius 2 is 2.14 bits per heavy atom. The maximum atomic E-state index is 7.18. The van der Waals surface area contributed by atoms with Gasteiger partial charge in [-0.15, -0.1) is 0 Å². The largest absolute Gasteiger partial charge is 0.265 e. The molecular weight excluding hydrogens is 86.1 g/mol. The van der Waals surface area contributed by atoms with Crippen molar-refractivity contribution in [3.8, 4) is 0 Å². The highest BCUT2D eigenvalue weighted by Crippen LogP contribution is 1.88. The standard InChI is InChI=1S/C6H7N/c1-6-2-4-7-5-3-6/h2-5H,1H3/i2T,3T. The van der Waals surface area contributed by atoms with Gasteiger partial charge in [-0.25, -0.2) is 0 Å². The van der Waals surface area contributed by atoms with Crippen molar-refractivity contribution >= 4 is 0 Å². The summed E-state index contributed by atoms with van der Waals surface area (Å²) in [6, 6.07) is 0.671. The first-order valence-corrected chi connectivity index (χ1v) is 2.09. The van der Waals surface area contributed by atoms with Crippen LogP contribution >= 0.6 is 0 Å². The third kappa shape index (κ3) is 1.000. The van der Waals surface area contributed by atoms with E-state index in [-0.39, 0.29) is 0 Å². The third-order valence-corrected chi connectivity index (χ3v) is 0.711. The molecule has 0 saturated heterocycles. The molecule has 0 aliphatic rings. The summed E-state index contributed by atoms with van der Waals surface area (Å²) < 4.78 is 14.4. The number of aromatic nitrogens is 1. The third-order valence-electron chi connectivity index (χ3n) is 0.711. The van der Waals surface area contributed by atoms with Crippen LogP contribution in [0.2, 0.25) is 0 Å². The van der Waals surface area contributed by atoms with E-state index in [1.165, 1.54) is 12.4 Å². The molecule has 0 atom stereocenters. The molecule has 0 spiro atoms. The Morgan fingerprint density at radius 1 is 1.57 bits per heavy atom. The Kier molecular flexibility index (Phi) is 0.609. The molecule has 1 nitrogen and oxygen atoms in total. The molecule has 0 unspecified atom stereocenters. The van der Waals surface area contributed by atoms with Crippen LogP contribution in [0, 0.1) is 6.92 Å². The Morgan fingerprint density at radius 3 is 2.57 bits per heavy atom. The Labute approximate surface area is 45.8 Å². The Hall–Kier alpha value is -0.850. The minimum absolute atomic E-state index is 0.336. The van der Waals surface area contributed by atoms with Crippen LogP contribution in [-0.2, 0) is 0 Å². The minimum atomic E-state index is 0.336. The number of hydrogen-bond donors (Lipinski definition) is 0. The fraction of sp³-hybridized carbons (Fsp3) is 0.167. The Bertz CT molecular complexity index is 202. The molecule has 1 rings (SSSR count). The van der Waals surface area contributed by atoms with Crippen molar-refractivity contribution in [1.29, 1.82) is 0 Å². The maximum Gasteiger partial charge on any atom is 0.0642 e. The van der Waals surface area contributed by atoms with Gasteiger partial charge < -0.3 is 0 Å². The summed E-state index contributed by atoms with van der Waals surface area (Å²) in [6.07, 6.45) is 2.88. The monoisotopic (exact) mass is 97.1 g/mol. The molecule has 0 saturated carbocycles. The lowest BCUT2D eigenvalue weighted by molar-refractivity contribution is 1.29. The van der Waals surface area contributed by atoms with Crippen LogP contribution < -0.4 is 0 Å². The second-order valence-corrected chi connectivity index (χ2v) is 1.32. The highest BCUT2D eigenvalue weighted by Gasteiger charge is 1.72. The maximum absolute atomic E-state index is 7.18. The SMILES string of the molecule is [3H]c1cncc([3H])c1C. The van der Waals surface area contributed by atoms with Crippen molar-refractivity contribution in [1.82, 2.24) is 4.98 Å². The summed E-state index contributed by atoms with van der Waals surface area (Å²) in [4.78, 5) is 3.67. The van der Waals surface area contributed by atoms with Crippen LogP contribution in [0.5, 0.6) is 0 Å². The van der Waals surface area contributed by atoms with Crippen molar-refractivity contribution in [2.45, 2.75) is 6.92 Å². The molecule has 0 amide bonds. The quantitative estimate of drug-likeness (QED) is 0.476. The van der Waals surface area contributed by atoms with Gasteiger partial charge in [0.25, 0.3) is 0 Å². The van der Waals surface area contributed by atoms with Crippen LogP contribution in [0.4, 0.5) is 0 Å². The number of rotatable bonds is 0. The normalized spacial score (nSPS) is 12.7. The lowest BCUT2D eigenvalue weighted by Gasteiger charge is -1.82. The van der Waals surface area contributed by atoms with Gasteiger partial charge in [0.2, 0.25) is 0 Å². The highest BCUT2D eigenvalue weighted by molar-refractivity contribution is 5.05. The predicted octanol–water partition coefficient (Wildman–Crippen LogP) is 1.39. The first-order chi connectivity index (χ1) is 4.22. The van der Waals surface area contributed by atoms with Crippen LogP contribution in [0.1, 0.15) is 8.30 Å². The highest BCUT2D eigenvalue weighted by atomic mass is 14.6. The first kappa shape index (κ1) is 2.46. The first-order valence-electron chi connectivity index (χ1n) is 3.09. The average Bonchev–Trinajstić information content (AvgIpc) is 1.83. The topological polar surface area (TPSA) is 12.9 Å². The average molecular weight is 97.1 g/mol. The van der Waals surface area contributed by atoms with E-state index in [1.807, 2.05) is 0 Å². The lowest BCUT2D eigenvalue weighted by Crippen LogP contribution is -1.68. The molecule has 0 radical (unpaired) electrons. The second-order valence-electron chi connectivity index (χ2n) is 1.32. The van der Waals surface area contributed by atoms with E-state index >= 15 is 0 Å². The molecule has 1 heteroatoms. The van der Waals surface area contributed by atoms with Crippen LogP contribution in [0.25, 0.3) is 0 Å². The summed E-state index contributed by atoms with van der Waals surface area (Å²) in [5.74, 6) is 0. The van der Waals surface area contributed by atoms with Crippen LogP contribution in [0.3, 0.4) is 0 Å². The molecule has 0 aliphatic carbocycles. The van der Waals surface area contributed by atoms with Gasteiger partial charge in [-0.05, 0) is 24.6 Å². The van der Waals surface area contributed by atoms with Gasteiger partial charge in [0.15, 0.2) is 0 Å². The lowest BCUT2D eigenvalue weighted by atomic mass is 10.3. The van der Waals surface area contributed by atoms with Gasteiger partial charge in [-0.1, -0.05) is 0 Å². The zero-order chi connectivity index (χ0) is 6.85. The number of nitrogens with zero attached hydrogens (tertiary/aromatic N) is 1. The van der Waals surface area contributed by atoms with E-state index in [0.29, 0.717) is 17.6 Å². The molecule has 1 aromatic heterocycles. The smallest absolute Gasteiger partial charge is 0.0642 e. The molecule has 36 valence electrons.